The number of nitrogens with one attached hydrogen (secondary N) is 1. The van der Waals surface area contributed by atoms with Gasteiger partial charge >= 0.3 is 0 Å². The highest BCUT2D eigenvalue weighted by molar-refractivity contribution is 5.80. The van der Waals surface area contributed by atoms with Gasteiger partial charge in [0.15, 0.2) is 0 Å². The molecule has 0 saturated heterocycles. The molecule has 0 amide bonds. The number of nitrogens with zero attached hydrogens (tertiary/aromatic N) is 2. The van der Waals surface area contributed by atoms with Crippen molar-refractivity contribution in [3.05, 3.63) is 22.8 Å². The van der Waals surface area contributed by atoms with E-state index in [2.05, 4.69) is 35.3 Å². The zero-order valence-corrected chi connectivity index (χ0v) is 9.17. The molecule has 1 heterocycles. The Morgan fingerprint density at radius 1 is 1.27 bits per heavy atom. The predicted octanol–water partition coefficient (Wildman–Crippen LogP) is 1.54. The summed E-state index contributed by atoms with van der Waals surface area (Å²) in [4.78, 5) is 0. The highest BCUT2D eigenvalue weighted by Gasteiger charge is 2.12. The fourth-order valence-electron chi connectivity index (χ4n) is 2.13. The monoisotopic (exact) mass is 204 g/mol. The summed E-state index contributed by atoms with van der Waals surface area (Å²) in [6, 6.07) is 2.13. The molecule has 0 unspecified atom stereocenters. The largest absolute Gasteiger partial charge is 0.326 e. The minimum Gasteiger partial charge on any atom is -0.326 e. The molecule has 15 heavy (non-hydrogen) atoms. The summed E-state index contributed by atoms with van der Waals surface area (Å²) in [5.74, 6) is 0. The molecule has 0 fully saturated rings. The molecule has 0 aliphatic heterocycles. The van der Waals surface area contributed by atoms with Crippen LogP contribution in [0, 0.1) is 0 Å². The van der Waals surface area contributed by atoms with Crippen LogP contribution in [-0.4, -0.2) is 15.4 Å². The molecule has 0 radical (unpaired) electrons. The van der Waals surface area contributed by atoms with Gasteiger partial charge in [-0.05, 0) is 35.6 Å². The molecular weight excluding hydrogens is 188 g/mol. The smallest absolute Gasteiger partial charge is 0.117 e. The van der Waals surface area contributed by atoms with Crippen LogP contribution in [0.1, 0.15) is 30.5 Å². The van der Waals surface area contributed by atoms with E-state index in [1.165, 1.54) is 11.1 Å². The van der Waals surface area contributed by atoms with E-state index in [1.54, 1.807) is 0 Å². The SMILES string of the molecule is CCc1cc2[nH]nnc2c(CN)c1CC. The number of hydrogen-bond donors (Lipinski definition) is 2. The maximum atomic E-state index is 5.79. The van der Waals surface area contributed by atoms with E-state index in [0.29, 0.717) is 6.54 Å². The van der Waals surface area contributed by atoms with Crippen molar-refractivity contribution in [3.63, 3.8) is 0 Å². The van der Waals surface area contributed by atoms with Gasteiger partial charge < -0.3 is 5.73 Å². The number of aryl methyl sites for hydroxylation is 1. The second-order valence-corrected chi connectivity index (χ2v) is 3.61. The van der Waals surface area contributed by atoms with Gasteiger partial charge in [-0.25, -0.2) is 0 Å². The lowest BCUT2D eigenvalue weighted by molar-refractivity contribution is 0.947. The molecule has 2 rings (SSSR count). The molecule has 0 aliphatic rings. The van der Waals surface area contributed by atoms with Crippen LogP contribution in [0.25, 0.3) is 11.0 Å². The van der Waals surface area contributed by atoms with E-state index in [-0.39, 0.29) is 0 Å². The maximum absolute atomic E-state index is 5.79. The summed E-state index contributed by atoms with van der Waals surface area (Å²) >= 11 is 0. The lowest BCUT2D eigenvalue weighted by Gasteiger charge is -2.11. The molecule has 1 aromatic heterocycles. The second kappa shape index (κ2) is 3.98. The Morgan fingerprint density at radius 3 is 2.67 bits per heavy atom. The van der Waals surface area contributed by atoms with Crippen molar-refractivity contribution in [2.45, 2.75) is 33.2 Å². The van der Waals surface area contributed by atoms with Gasteiger partial charge in [0.05, 0.1) is 5.52 Å². The quantitative estimate of drug-likeness (QED) is 0.797. The number of benzene rings is 1. The third-order valence-electron chi connectivity index (χ3n) is 2.87. The number of aromatic amines is 1. The van der Waals surface area contributed by atoms with Crippen LogP contribution in [0.3, 0.4) is 0 Å². The molecule has 0 aliphatic carbocycles. The molecule has 4 heteroatoms. The van der Waals surface area contributed by atoms with Gasteiger partial charge in [-0.1, -0.05) is 19.1 Å². The minimum absolute atomic E-state index is 0.528. The highest BCUT2D eigenvalue weighted by Crippen LogP contribution is 2.23. The number of aromatic nitrogens is 3. The van der Waals surface area contributed by atoms with E-state index >= 15 is 0 Å². The van der Waals surface area contributed by atoms with Crippen LogP contribution in [0.15, 0.2) is 6.07 Å². The highest BCUT2D eigenvalue weighted by atomic mass is 15.3. The fraction of sp³-hybridized carbons (Fsp3) is 0.455. The Bertz CT molecular complexity index is 473. The summed E-state index contributed by atoms with van der Waals surface area (Å²) < 4.78 is 0. The zero-order valence-electron chi connectivity index (χ0n) is 9.17. The van der Waals surface area contributed by atoms with E-state index in [4.69, 9.17) is 5.73 Å². The molecule has 80 valence electrons. The summed E-state index contributed by atoms with van der Waals surface area (Å²) in [5.41, 5.74) is 11.5. The predicted molar refractivity (Wildman–Crippen MR) is 60.5 cm³/mol. The Hall–Kier alpha value is -1.42. The Morgan fingerprint density at radius 2 is 2.07 bits per heavy atom. The standard InChI is InChI=1S/C11H16N4/c1-3-7-5-10-11(14-15-13-10)9(6-12)8(7)4-2/h5H,3-4,6,12H2,1-2H3,(H,13,14,15). The van der Waals surface area contributed by atoms with E-state index in [9.17, 15) is 0 Å². The maximum Gasteiger partial charge on any atom is 0.117 e. The van der Waals surface area contributed by atoms with Crippen molar-refractivity contribution in [1.82, 2.24) is 15.4 Å². The first-order valence-corrected chi connectivity index (χ1v) is 5.36. The number of H-pyrrole nitrogens is 1. The average molecular weight is 204 g/mol. The third kappa shape index (κ3) is 1.51. The van der Waals surface area contributed by atoms with Crippen LogP contribution in [0.2, 0.25) is 0 Å². The van der Waals surface area contributed by atoms with Gasteiger partial charge in [-0.2, -0.15) is 0 Å². The van der Waals surface area contributed by atoms with E-state index < -0.39 is 0 Å². The molecule has 3 N–H and O–H groups in total. The number of fused-ring (bicyclic) bond motifs is 1. The van der Waals surface area contributed by atoms with Gasteiger partial charge in [-0.3, -0.25) is 5.10 Å². The fourth-order valence-corrected chi connectivity index (χ4v) is 2.13. The first kappa shape index (κ1) is 10.1. The molecule has 4 nitrogen and oxygen atoms in total. The van der Waals surface area contributed by atoms with Gasteiger partial charge in [0.1, 0.15) is 5.52 Å². The number of hydrogen-bond acceptors (Lipinski definition) is 3. The van der Waals surface area contributed by atoms with Crippen LogP contribution < -0.4 is 5.73 Å². The summed E-state index contributed by atoms with van der Waals surface area (Å²) in [6.45, 7) is 4.84. The normalized spacial score (nSPS) is 11.1. The summed E-state index contributed by atoms with van der Waals surface area (Å²) in [7, 11) is 0. The second-order valence-electron chi connectivity index (χ2n) is 3.61. The van der Waals surface area contributed by atoms with Gasteiger partial charge in [0.2, 0.25) is 0 Å². The molecule has 2 aromatic rings. The van der Waals surface area contributed by atoms with Gasteiger partial charge in [0.25, 0.3) is 0 Å². The molecule has 0 saturated carbocycles. The zero-order chi connectivity index (χ0) is 10.8. The van der Waals surface area contributed by atoms with Crippen molar-refractivity contribution in [2.24, 2.45) is 5.73 Å². The third-order valence-corrected chi connectivity index (χ3v) is 2.87. The van der Waals surface area contributed by atoms with Gasteiger partial charge in [0, 0.05) is 6.54 Å². The van der Waals surface area contributed by atoms with Crippen molar-refractivity contribution < 1.29 is 0 Å². The molecular formula is C11H16N4. The van der Waals surface area contributed by atoms with Crippen LogP contribution in [0.5, 0.6) is 0 Å². The van der Waals surface area contributed by atoms with Crippen LogP contribution >= 0.6 is 0 Å². The molecule has 0 atom stereocenters. The molecule has 0 bridgehead atoms. The van der Waals surface area contributed by atoms with Gasteiger partial charge in [-0.15, -0.1) is 5.10 Å². The van der Waals surface area contributed by atoms with Crippen molar-refractivity contribution >= 4 is 11.0 Å². The number of rotatable bonds is 3. The summed E-state index contributed by atoms with van der Waals surface area (Å²) in [6.07, 6.45) is 2.02. The van der Waals surface area contributed by atoms with E-state index in [0.717, 1.165) is 29.4 Å². The number of nitrogens with two attached hydrogens (primary N) is 1. The Kier molecular flexibility index (Phi) is 2.68. The van der Waals surface area contributed by atoms with Crippen molar-refractivity contribution in [3.8, 4) is 0 Å². The molecule has 1 aromatic carbocycles. The van der Waals surface area contributed by atoms with Crippen LogP contribution in [0.4, 0.5) is 0 Å². The Balaban J connectivity index is 2.78. The Labute approximate surface area is 88.9 Å². The van der Waals surface area contributed by atoms with Crippen LogP contribution in [-0.2, 0) is 19.4 Å². The lowest BCUT2D eigenvalue weighted by Crippen LogP contribution is -2.05. The van der Waals surface area contributed by atoms with Crippen molar-refractivity contribution in [2.75, 3.05) is 0 Å². The first-order valence-electron chi connectivity index (χ1n) is 5.36. The minimum atomic E-state index is 0.528. The van der Waals surface area contributed by atoms with Crippen molar-refractivity contribution in [1.29, 1.82) is 0 Å². The summed E-state index contributed by atoms with van der Waals surface area (Å²) in [5, 5.41) is 10.8. The van der Waals surface area contributed by atoms with E-state index in [1.807, 2.05) is 0 Å². The topological polar surface area (TPSA) is 67.6 Å². The average Bonchev–Trinajstić information content (AvgIpc) is 2.73. The molecule has 0 spiro atoms. The first-order chi connectivity index (χ1) is 7.31. The lowest BCUT2D eigenvalue weighted by atomic mass is 9.95.